The number of fused-ring (bicyclic) bond motifs is 1. The zero-order chi connectivity index (χ0) is 12.7. The lowest BCUT2D eigenvalue weighted by molar-refractivity contribution is -0.132. The van der Waals surface area contributed by atoms with Crippen LogP contribution in [0, 0.1) is 0 Å². The van der Waals surface area contributed by atoms with Gasteiger partial charge in [0.05, 0.1) is 15.2 Å². The van der Waals surface area contributed by atoms with Crippen LogP contribution >= 0.6 is 22.9 Å². The van der Waals surface area contributed by atoms with E-state index in [-0.39, 0.29) is 11.8 Å². The SMILES string of the molecule is CN1CCC(c2nc3cc(Cl)ccc3s2)CC1=O. The molecule has 1 unspecified atom stereocenters. The van der Waals surface area contributed by atoms with Crippen molar-refractivity contribution in [1.82, 2.24) is 9.88 Å². The number of rotatable bonds is 1. The summed E-state index contributed by atoms with van der Waals surface area (Å²) >= 11 is 7.64. The third-order valence-electron chi connectivity index (χ3n) is 3.38. The molecule has 0 bridgehead atoms. The number of hydrogen-bond donors (Lipinski definition) is 0. The number of carbonyl (C=O) groups excluding carboxylic acids is 1. The molecule has 3 nitrogen and oxygen atoms in total. The Morgan fingerprint density at radius 3 is 3.11 bits per heavy atom. The van der Waals surface area contributed by atoms with E-state index in [2.05, 4.69) is 4.98 Å². The first-order valence-electron chi connectivity index (χ1n) is 5.93. The molecule has 5 heteroatoms. The molecule has 0 spiro atoms. The highest BCUT2D eigenvalue weighted by molar-refractivity contribution is 7.18. The van der Waals surface area contributed by atoms with Gasteiger partial charge in [0.1, 0.15) is 0 Å². The summed E-state index contributed by atoms with van der Waals surface area (Å²) in [5.74, 6) is 0.480. The van der Waals surface area contributed by atoms with Gasteiger partial charge in [-0.2, -0.15) is 0 Å². The van der Waals surface area contributed by atoms with Gasteiger partial charge >= 0.3 is 0 Å². The quantitative estimate of drug-likeness (QED) is 0.803. The molecule has 1 aliphatic rings. The van der Waals surface area contributed by atoms with Crippen LogP contribution in [0.25, 0.3) is 10.2 Å². The first-order chi connectivity index (χ1) is 8.63. The Labute approximate surface area is 114 Å². The van der Waals surface area contributed by atoms with Crippen LogP contribution < -0.4 is 0 Å². The van der Waals surface area contributed by atoms with Gasteiger partial charge in [-0.05, 0) is 24.6 Å². The maximum atomic E-state index is 11.7. The number of benzene rings is 1. The number of thiazole rings is 1. The number of halogens is 1. The van der Waals surface area contributed by atoms with Crippen molar-refractivity contribution < 1.29 is 4.79 Å². The summed E-state index contributed by atoms with van der Waals surface area (Å²) in [7, 11) is 1.86. The van der Waals surface area contributed by atoms with Crippen molar-refractivity contribution in [2.24, 2.45) is 0 Å². The summed E-state index contributed by atoms with van der Waals surface area (Å²) in [5.41, 5.74) is 0.939. The molecule has 0 N–H and O–H groups in total. The maximum Gasteiger partial charge on any atom is 0.223 e. The lowest BCUT2D eigenvalue weighted by Crippen LogP contribution is -2.34. The number of likely N-dealkylation sites (tertiary alicyclic amines) is 1. The highest BCUT2D eigenvalue weighted by Crippen LogP contribution is 2.34. The van der Waals surface area contributed by atoms with E-state index in [1.807, 2.05) is 25.2 Å². The van der Waals surface area contributed by atoms with Gasteiger partial charge in [0.25, 0.3) is 0 Å². The number of carbonyl (C=O) groups is 1. The van der Waals surface area contributed by atoms with E-state index >= 15 is 0 Å². The van der Waals surface area contributed by atoms with Crippen molar-refractivity contribution in [3.05, 3.63) is 28.2 Å². The molecular formula is C13H13ClN2OS. The molecule has 0 radical (unpaired) electrons. The van der Waals surface area contributed by atoms with Crippen LogP contribution in [-0.4, -0.2) is 29.4 Å². The van der Waals surface area contributed by atoms with E-state index in [4.69, 9.17) is 11.6 Å². The van der Waals surface area contributed by atoms with E-state index in [9.17, 15) is 4.79 Å². The fourth-order valence-electron chi connectivity index (χ4n) is 2.25. The minimum atomic E-state index is 0.212. The molecule has 94 valence electrons. The molecular weight excluding hydrogens is 268 g/mol. The highest BCUT2D eigenvalue weighted by Gasteiger charge is 2.26. The van der Waals surface area contributed by atoms with Gasteiger partial charge in [0.2, 0.25) is 5.91 Å². The molecule has 1 amide bonds. The van der Waals surface area contributed by atoms with Gasteiger partial charge in [0.15, 0.2) is 0 Å². The van der Waals surface area contributed by atoms with E-state index < -0.39 is 0 Å². The van der Waals surface area contributed by atoms with Crippen molar-refractivity contribution in [1.29, 1.82) is 0 Å². The first-order valence-corrected chi connectivity index (χ1v) is 7.13. The van der Waals surface area contributed by atoms with Crippen molar-refractivity contribution in [3.8, 4) is 0 Å². The molecule has 2 heterocycles. The number of nitrogens with zero attached hydrogens (tertiary/aromatic N) is 2. The molecule has 1 aromatic carbocycles. The van der Waals surface area contributed by atoms with Crippen LogP contribution in [0.2, 0.25) is 5.02 Å². The Bertz CT molecular complexity index is 610. The van der Waals surface area contributed by atoms with E-state index in [0.717, 1.165) is 28.2 Å². The van der Waals surface area contributed by atoms with Crippen molar-refractivity contribution in [2.75, 3.05) is 13.6 Å². The number of amides is 1. The standard InChI is InChI=1S/C13H13ClN2OS/c1-16-5-4-8(6-12(16)17)13-15-10-7-9(14)2-3-11(10)18-13/h2-3,7-8H,4-6H2,1H3. The van der Waals surface area contributed by atoms with Gasteiger partial charge in [-0.1, -0.05) is 11.6 Å². The van der Waals surface area contributed by atoms with E-state index in [1.54, 1.807) is 16.2 Å². The second-order valence-electron chi connectivity index (χ2n) is 4.67. The molecule has 1 aromatic heterocycles. The monoisotopic (exact) mass is 280 g/mol. The Morgan fingerprint density at radius 1 is 1.50 bits per heavy atom. The second kappa shape index (κ2) is 4.52. The Balaban J connectivity index is 1.92. The van der Waals surface area contributed by atoms with E-state index in [1.165, 1.54) is 0 Å². The zero-order valence-electron chi connectivity index (χ0n) is 10.0. The molecule has 1 atom stereocenters. The molecule has 3 rings (SSSR count). The molecule has 2 aromatic rings. The first kappa shape index (κ1) is 11.9. The third kappa shape index (κ3) is 2.10. The summed E-state index contributed by atoms with van der Waals surface area (Å²) < 4.78 is 1.14. The Morgan fingerprint density at radius 2 is 2.33 bits per heavy atom. The smallest absolute Gasteiger partial charge is 0.223 e. The summed E-state index contributed by atoms with van der Waals surface area (Å²) in [5, 5.41) is 1.77. The van der Waals surface area contributed by atoms with Crippen LogP contribution in [-0.2, 0) is 4.79 Å². The van der Waals surface area contributed by atoms with Gasteiger partial charge in [-0.25, -0.2) is 4.98 Å². The summed E-state index contributed by atoms with van der Waals surface area (Å²) in [6.45, 7) is 0.820. The predicted octanol–water partition coefficient (Wildman–Crippen LogP) is 3.29. The van der Waals surface area contributed by atoms with Gasteiger partial charge in [0, 0.05) is 31.0 Å². The Kier molecular flexibility index (Phi) is 2.99. The lowest BCUT2D eigenvalue weighted by atomic mass is 9.97. The Hall–Kier alpha value is -1.13. The van der Waals surface area contributed by atoms with Crippen LogP contribution in [0.3, 0.4) is 0 Å². The average Bonchev–Trinajstić information content (AvgIpc) is 2.75. The fourth-order valence-corrected chi connectivity index (χ4v) is 3.50. The average molecular weight is 281 g/mol. The van der Waals surface area contributed by atoms with Gasteiger partial charge in [-0.15, -0.1) is 11.3 Å². The van der Waals surface area contributed by atoms with Crippen LogP contribution in [0.15, 0.2) is 18.2 Å². The molecule has 1 fully saturated rings. The normalized spacial score (nSPS) is 20.7. The topological polar surface area (TPSA) is 33.2 Å². The summed E-state index contributed by atoms with van der Waals surface area (Å²) in [6.07, 6.45) is 1.57. The van der Waals surface area contributed by atoms with Crippen LogP contribution in [0.1, 0.15) is 23.8 Å². The number of hydrogen-bond acceptors (Lipinski definition) is 3. The minimum absolute atomic E-state index is 0.212. The van der Waals surface area contributed by atoms with Crippen molar-refractivity contribution in [2.45, 2.75) is 18.8 Å². The highest BCUT2D eigenvalue weighted by atomic mass is 35.5. The predicted molar refractivity (Wildman–Crippen MR) is 74.2 cm³/mol. The third-order valence-corrected chi connectivity index (χ3v) is 4.81. The lowest BCUT2D eigenvalue weighted by Gasteiger charge is -2.27. The molecule has 18 heavy (non-hydrogen) atoms. The van der Waals surface area contributed by atoms with E-state index in [0.29, 0.717) is 11.4 Å². The minimum Gasteiger partial charge on any atom is -0.346 e. The second-order valence-corrected chi connectivity index (χ2v) is 6.17. The molecule has 1 aliphatic heterocycles. The molecule has 1 saturated heterocycles. The largest absolute Gasteiger partial charge is 0.346 e. The van der Waals surface area contributed by atoms with Gasteiger partial charge < -0.3 is 4.90 Å². The van der Waals surface area contributed by atoms with Gasteiger partial charge in [-0.3, -0.25) is 4.79 Å². The summed E-state index contributed by atoms with van der Waals surface area (Å²) in [4.78, 5) is 18.1. The number of aromatic nitrogens is 1. The number of piperidine rings is 1. The maximum absolute atomic E-state index is 11.7. The fraction of sp³-hybridized carbons (Fsp3) is 0.385. The van der Waals surface area contributed by atoms with Crippen molar-refractivity contribution in [3.63, 3.8) is 0 Å². The van der Waals surface area contributed by atoms with Crippen LogP contribution in [0.4, 0.5) is 0 Å². The van der Waals surface area contributed by atoms with Crippen molar-refractivity contribution >= 4 is 39.1 Å². The molecule has 0 saturated carbocycles. The summed E-state index contributed by atoms with van der Waals surface area (Å²) in [6, 6.07) is 5.76. The zero-order valence-corrected chi connectivity index (χ0v) is 11.6. The molecule has 0 aliphatic carbocycles. The van der Waals surface area contributed by atoms with Crippen LogP contribution in [0.5, 0.6) is 0 Å².